The zero-order chi connectivity index (χ0) is 16.4. The highest BCUT2D eigenvalue weighted by Gasteiger charge is 2.29. The van der Waals surface area contributed by atoms with Crippen LogP contribution in [0.1, 0.15) is 43.4 Å². The molecule has 0 N–H and O–H groups in total. The Kier molecular flexibility index (Phi) is 4.65. The Morgan fingerprint density at radius 1 is 1.12 bits per heavy atom. The number of rotatable bonds is 2. The van der Waals surface area contributed by atoms with Crippen LogP contribution in [0.5, 0.6) is 0 Å². The van der Waals surface area contributed by atoms with Crippen molar-refractivity contribution in [3.8, 4) is 0 Å². The number of carbonyl (C=O) groups is 1. The van der Waals surface area contributed by atoms with E-state index in [0.717, 1.165) is 63.8 Å². The summed E-state index contributed by atoms with van der Waals surface area (Å²) in [4.78, 5) is 26.3. The molecule has 6 nitrogen and oxygen atoms in total. The van der Waals surface area contributed by atoms with Crippen LogP contribution in [0.25, 0.3) is 0 Å². The van der Waals surface area contributed by atoms with Crippen LogP contribution in [-0.2, 0) is 22.5 Å². The minimum absolute atomic E-state index is 0.237. The van der Waals surface area contributed by atoms with Gasteiger partial charge >= 0.3 is 0 Å². The Balaban J connectivity index is 1.47. The van der Waals surface area contributed by atoms with E-state index in [2.05, 4.69) is 9.88 Å². The van der Waals surface area contributed by atoms with Crippen molar-refractivity contribution in [1.29, 1.82) is 0 Å². The van der Waals surface area contributed by atoms with Crippen LogP contribution >= 0.6 is 0 Å². The third-order valence-electron chi connectivity index (χ3n) is 5.49. The largest absolute Gasteiger partial charge is 0.378 e. The predicted octanol–water partition coefficient (Wildman–Crippen LogP) is 1.78. The minimum atomic E-state index is 0.237. The summed E-state index contributed by atoms with van der Waals surface area (Å²) in [6.45, 7) is 4.58. The van der Waals surface area contributed by atoms with Gasteiger partial charge in [0.25, 0.3) is 0 Å². The lowest BCUT2D eigenvalue weighted by Gasteiger charge is -2.33. The standard InChI is InChI=1S/C18H26N4O2/c23-17(14-4-2-1-3-5-14)22-7-6-15-12-19-18(20-16(15)13-22)21-8-10-24-11-9-21/h12,14H,1-11,13H2. The van der Waals surface area contributed by atoms with Crippen molar-refractivity contribution in [2.45, 2.75) is 45.1 Å². The Morgan fingerprint density at radius 3 is 2.71 bits per heavy atom. The summed E-state index contributed by atoms with van der Waals surface area (Å²) in [7, 11) is 0. The minimum Gasteiger partial charge on any atom is -0.378 e. The van der Waals surface area contributed by atoms with Gasteiger partial charge in [0.15, 0.2) is 0 Å². The molecule has 1 aromatic heterocycles. The molecular formula is C18H26N4O2. The average Bonchev–Trinajstić information content (AvgIpc) is 2.68. The molecule has 1 amide bonds. The number of ether oxygens (including phenoxy) is 1. The number of aromatic nitrogens is 2. The second kappa shape index (κ2) is 7.05. The van der Waals surface area contributed by atoms with E-state index >= 15 is 0 Å². The van der Waals surface area contributed by atoms with Crippen molar-refractivity contribution >= 4 is 11.9 Å². The van der Waals surface area contributed by atoms with Crippen LogP contribution in [0.15, 0.2) is 6.20 Å². The molecule has 1 aromatic rings. The van der Waals surface area contributed by atoms with Gasteiger partial charge in [-0.05, 0) is 24.8 Å². The molecule has 3 aliphatic rings. The van der Waals surface area contributed by atoms with Crippen molar-refractivity contribution in [3.63, 3.8) is 0 Å². The number of carbonyl (C=O) groups excluding carboxylic acids is 1. The Morgan fingerprint density at radius 2 is 1.92 bits per heavy atom. The quantitative estimate of drug-likeness (QED) is 0.827. The van der Waals surface area contributed by atoms with Crippen LogP contribution in [0.3, 0.4) is 0 Å². The first-order chi connectivity index (χ1) is 11.8. The first kappa shape index (κ1) is 15.8. The molecule has 4 rings (SSSR count). The highest BCUT2D eigenvalue weighted by molar-refractivity contribution is 5.79. The van der Waals surface area contributed by atoms with Crippen LogP contribution in [0.4, 0.5) is 5.95 Å². The Hall–Kier alpha value is -1.69. The van der Waals surface area contributed by atoms with Gasteiger partial charge in [-0.1, -0.05) is 19.3 Å². The summed E-state index contributed by atoms with van der Waals surface area (Å²) < 4.78 is 5.40. The molecule has 3 heterocycles. The molecule has 24 heavy (non-hydrogen) atoms. The van der Waals surface area contributed by atoms with Crippen molar-refractivity contribution in [3.05, 3.63) is 17.5 Å². The van der Waals surface area contributed by atoms with E-state index < -0.39 is 0 Å². The molecule has 1 saturated heterocycles. The van der Waals surface area contributed by atoms with Gasteiger partial charge in [-0.2, -0.15) is 0 Å². The molecule has 1 aliphatic carbocycles. The summed E-state index contributed by atoms with van der Waals surface area (Å²) in [5, 5.41) is 0. The lowest BCUT2D eigenvalue weighted by atomic mass is 9.88. The number of amides is 1. The van der Waals surface area contributed by atoms with Gasteiger partial charge in [-0.3, -0.25) is 4.79 Å². The molecule has 0 unspecified atom stereocenters. The van der Waals surface area contributed by atoms with Gasteiger partial charge in [-0.25, -0.2) is 9.97 Å². The van der Waals surface area contributed by atoms with Gasteiger partial charge in [0.1, 0.15) is 0 Å². The molecule has 0 bridgehead atoms. The molecule has 130 valence electrons. The van der Waals surface area contributed by atoms with E-state index in [1.54, 1.807) is 0 Å². The molecule has 0 spiro atoms. The van der Waals surface area contributed by atoms with Crippen molar-refractivity contribution in [2.75, 3.05) is 37.7 Å². The van der Waals surface area contributed by atoms with E-state index in [1.165, 1.54) is 24.8 Å². The number of anilines is 1. The Labute approximate surface area is 143 Å². The van der Waals surface area contributed by atoms with Crippen LogP contribution < -0.4 is 4.90 Å². The predicted molar refractivity (Wildman–Crippen MR) is 90.8 cm³/mol. The monoisotopic (exact) mass is 330 g/mol. The SMILES string of the molecule is O=C(C1CCCCC1)N1CCc2cnc(N3CCOCC3)nc2C1. The van der Waals surface area contributed by atoms with Gasteiger partial charge in [-0.15, -0.1) is 0 Å². The molecule has 0 atom stereocenters. The zero-order valence-corrected chi connectivity index (χ0v) is 14.2. The van der Waals surface area contributed by atoms with E-state index in [1.807, 2.05) is 11.1 Å². The van der Waals surface area contributed by atoms with Gasteiger partial charge in [0, 0.05) is 31.7 Å². The first-order valence-corrected chi connectivity index (χ1v) is 9.27. The molecule has 0 radical (unpaired) electrons. The molecule has 2 fully saturated rings. The van der Waals surface area contributed by atoms with Gasteiger partial charge in [0.2, 0.25) is 11.9 Å². The third-order valence-corrected chi connectivity index (χ3v) is 5.49. The van der Waals surface area contributed by atoms with E-state index in [9.17, 15) is 4.79 Å². The van der Waals surface area contributed by atoms with Crippen LogP contribution in [0, 0.1) is 5.92 Å². The number of nitrogens with zero attached hydrogens (tertiary/aromatic N) is 4. The summed E-state index contributed by atoms with van der Waals surface area (Å²) in [5.41, 5.74) is 2.22. The van der Waals surface area contributed by atoms with E-state index in [4.69, 9.17) is 9.72 Å². The molecular weight excluding hydrogens is 304 g/mol. The van der Waals surface area contributed by atoms with Gasteiger partial charge < -0.3 is 14.5 Å². The fourth-order valence-electron chi connectivity index (χ4n) is 4.00. The second-order valence-corrected chi connectivity index (χ2v) is 7.09. The lowest BCUT2D eigenvalue weighted by Crippen LogP contribution is -2.41. The molecule has 1 saturated carbocycles. The Bertz CT molecular complexity index is 595. The number of hydrogen-bond donors (Lipinski definition) is 0. The van der Waals surface area contributed by atoms with Crippen molar-refractivity contribution in [2.24, 2.45) is 5.92 Å². The highest BCUT2D eigenvalue weighted by atomic mass is 16.5. The molecule has 6 heteroatoms. The summed E-state index contributed by atoms with van der Waals surface area (Å²) in [6.07, 6.45) is 8.62. The lowest BCUT2D eigenvalue weighted by molar-refractivity contribution is -0.137. The molecule has 2 aliphatic heterocycles. The number of hydrogen-bond acceptors (Lipinski definition) is 5. The summed E-state index contributed by atoms with van der Waals surface area (Å²) in [6, 6.07) is 0. The van der Waals surface area contributed by atoms with Gasteiger partial charge in [0.05, 0.1) is 25.5 Å². The van der Waals surface area contributed by atoms with Crippen LogP contribution in [0.2, 0.25) is 0 Å². The average molecular weight is 330 g/mol. The maximum absolute atomic E-state index is 12.8. The second-order valence-electron chi connectivity index (χ2n) is 7.09. The van der Waals surface area contributed by atoms with E-state index in [-0.39, 0.29) is 5.92 Å². The summed E-state index contributed by atoms with van der Waals surface area (Å²) in [5.74, 6) is 1.36. The normalized spacial score (nSPS) is 22.3. The van der Waals surface area contributed by atoms with Crippen molar-refractivity contribution in [1.82, 2.24) is 14.9 Å². The maximum atomic E-state index is 12.8. The third kappa shape index (κ3) is 3.24. The summed E-state index contributed by atoms with van der Waals surface area (Å²) >= 11 is 0. The molecule has 0 aromatic carbocycles. The maximum Gasteiger partial charge on any atom is 0.226 e. The van der Waals surface area contributed by atoms with Crippen LogP contribution in [-0.4, -0.2) is 53.6 Å². The first-order valence-electron chi connectivity index (χ1n) is 9.27. The van der Waals surface area contributed by atoms with E-state index in [0.29, 0.717) is 12.5 Å². The topological polar surface area (TPSA) is 58.6 Å². The zero-order valence-electron chi connectivity index (χ0n) is 14.2. The highest BCUT2D eigenvalue weighted by Crippen LogP contribution is 2.28. The fraction of sp³-hybridized carbons (Fsp3) is 0.722. The van der Waals surface area contributed by atoms with Crippen molar-refractivity contribution < 1.29 is 9.53 Å². The number of fused-ring (bicyclic) bond motifs is 1. The number of morpholine rings is 1. The smallest absolute Gasteiger partial charge is 0.226 e. The fourth-order valence-corrected chi connectivity index (χ4v) is 4.00.